The van der Waals surface area contributed by atoms with Gasteiger partial charge in [-0.2, -0.15) is 0 Å². The van der Waals surface area contributed by atoms with Crippen molar-refractivity contribution in [2.75, 3.05) is 11.9 Å². The Morgan fingerprint density at radius 1 is 1.53 bits per heavy atom. The minimum absolute atomic E-state index is 0.0397. The average Bonchev–Trinajstić information content (AvgIpc) is 2.27. The van der Waals surface area contributed by atoms with Crippen LogP contribution in [0.3, 0.4) is 0 Å². The number of rotatable bonds is 5. The molecule has 0 bridgehead atoms. The Balaban J connectivity index is 2.43. The summed E-state index contributed by atoms with van der Waals surface area (Å²) in [4.78, 5) is 19.1. The second kappa shape index (κ2) is 6.08. The van der Waals surface area contributed by atoms with Crippen LogP contribution in [0.5, 0.6) is 0 Å². The van der Waals surface area contributed by atoms with E-state index in [1.165, 1.54) is 6.33 Å². The molecule has 1 atom stereocenters. The molecule has 0 radical (unpaired) electrons. The minimum Gasteiger partial charge on any atom is -0.330 e. The molecular formula is C10H16N4O. The van der Waals surface area contributed by atoms with Crippen LogP contribution in [-0.2, 0) is 4.79 Å². The van der Waals surface area contributed by atoms with Gasteiger partial charge < -0.3 is 11.1 Å². The van der Waals surface area contributed by atoms with Crippen LogP contribution in [0.15, 0.2) is 18.7 Å². The summed E-state index contributed by atoms with van der Waals surface area (Å²) in [5, 5.41) is 2.72. The number of hydrogen-bond donors (Lipinski definition) is 2. The van der Waals surface area contributed by atoms with Crippen molar-refractivity contribution in [2.45, 2.75) is 19.8 Å². The Morgan fingerprint density at radius 3 is 2.73 bits per heavy atom. The van der Waals surface area contributed by atoms with Gasteiger partial charge in [0.2, 0.25) is 5.91 Å². The maximum atomic E-state index is 11.5. The van der Waals surface area contributed by atoms with Crippen LogP contribution in [0.4, 0.5) is 5.69 Å². The van der Waals surface area contributed by atoms with Gasteiger partial charge >= 0.3 is 0 Å². The summed E-state index contributed by atoms with van der Waals surface area (Å²) in [6, 6.07) is 0. The summed E-state index contributed by atoms with van der Waals surface area (Å²) in [6.45, 7) is 2.56. The second-order valence-corrected chi connectivity index (χ2v) is 3.39. The first kappa shape index (κ1) is 11.6. The predicted octanol–water partition coefficient (Wildman–Crippen LogP) is 0.790. The Bertz CT molecular complexity index is 298. The lowest BCUT2D eigenvalue weighted by Crippen LogP contribution is -2.21. The Kier molecular flexibility index (Phi) is 4.70. The van der Waals surface area contributed by atoms with E-state index in [1.54, 1.807) is 12.4 Å². The number of nitrogens with zero attached hydrogens (tertiary/aromatic N) is 2. The molecule has 0 aliphatic heterocycles. The molecule has 1 heterocycles. The number of nitrogens with one attached hydrogen (secondary N) is 1. The highest BCUT2D eigenvalue weighted by Crippen LogP contribution is 2.08. The van der Waals surface area contributed by atoms with E-state index in [0.717, 1.165) is 6.42 Å². The van der Waals surface area contributed by atoms with Crippen LogP contribution < -0.4 is 11.1 Å². The Labute approximate surface area is 89.1 Å². The lowest BCUT2D eigenvalue weighted by molar-refractivity contribution is -0.117. The molecule has 1 rings (SSSR count). The van der Waals surface area contributed by atoms with Crippen LogP contribution in [0.25, 0.3) is 0 Å². The smallest absolute Gasteiger partial charge is 0.224 e. The van der Waals surface area contributed by atoms with Crippen molar-refractivity contribution >= 4 is 11.6 Å². The van der Waals surface area contributed by atoms with Gasteiger partial charge in [-0.1, -0.05) is 13.3 Å². The number of carbonyl (C=O) groups excluding carboxylic acids is 1. The van der Waals surface area contributed by atoms with Gasteiger partial charge in [-0.25, -0.2) is 9.97 Å². The van der Waals surface area contributed by atoms with Crippen LogP contribution >= 0.6 is 0 Å². The van der Waals surface area contributed by atoms with E-state index in [2.05, 4.69) is 15.3 Å². The van der Waals surface area contributed by atoms with Crippen LogP contribution in [0.2, 0.25) is 0 Å². The van der Waals surface area contributed by atoms with Crippen molar-refractivity contribution in [3.05, 3.63) is 18.7 Å². The Morgan fingerprint density at radius 2 is 2.20 bits per heavy atom. The van der Waals surface area contributed by atoms with Gasteiger partial charge in [0, 0.05) is 6.42 Å². The fourth-order valence-corrected chi connectivity index (χ4v) is 1.23. The summed E-state index contributed by atoms with van der Waals surface area (Å²) in [7, 11) is 0. The number of amides is 1. The normalized spacial score (nSPS) is 12.1. The van der Waals surface area contributed by atoms with Crippen LogP contribution in [-0.4, -0.2) is 22.4 Å². The first-order valence-electron chi connectivity index (χ1n) is 5.01. The quantitative estimate of drug-likeness (QED) is 0.749. The lowest BCUT2D eigenvalue weighted by atomic mass is 10.0. The topological polar surface area (TPSA) is 80.9 Å². The molecule has 1 unspecified atom stereocenters. The van der Waals surface area contributed by atoms with E-state index < -0.39 is 0 Å². The third-order valence-corrected chi connectivity index (χ3v) is 2.23. The summed E-state index contributed by atoms with van der Waals surface area (Å²) in [5.41, 5.74) is 6.14. The van der Waals surface area contributed by atoms with Gasteiger partial charge in [0.15, 0.2) is 0 Å². The molecule has 0 spiro atoms. The van der Waals surface area contributed by atoms with Gasteiger partial charge in [-0.05, 0) is 12.5 Å². The molecule has 15 heavy (non-hydrogen) atoms. The van der Waals surface area contributed by atoms with Crippen LogP contribution in [0, 0.1) is 5.92 Å². The highest BCUT2D eigenvalue weighted by molar-refractivity contribution is 5.90. The predicted molar refractivity (Wildman–Crippen MR) is 58.1 cm³/mol. The minimum atomic E-state index is -0.0397. The SMILES string of the molecule is CCC(CN)CC(=O)Nc1cncnc1. The van der Waals surface area contributed by atoms with Crippen molar-refractivity contribution in [2.24, 2.45) is 11.7 Å². The fourth-order valence-electron chi connectivity index (χ4n) is 1.23. The van der Waals surface area contributed by atoms with Crippen molar-refractivity contribution in [1.82, 2.24) is 9.97 Å². The lowest BCUT2D eigenvalue weighted by Gasteiger charge is -2.11. The molecule has 0 fully saturated rings. The van der Waals surface area contributed by atoms with E-state index in [9.17, 15) is 4.79 Å². The monoisotopic (exact) mass is 208 g/mol. The maximum absolute atomic E-state index is 11.5. The number of anilines is 1. The molecule has 1 aromatic heterocycles. The average molecular weight is 208 g/mol. The first-order chi connectivity index (χ1) is 7.26. The number of hydrogen-bond acceptors (Lipinski definition) is 4. The molecule has 0 aliphatic rings. The zero-order chi connectivity index (χ0) is 11.1. The molecule has 82 valence electrons. The van der Waals surface area contributed by atoms with Crippen molar-refractivity contribution in [3.63, 3.8) is 0 Å². The van der Waals surface area contributed by atoms with Crippen molar-refractivity contribution < 1.29 is 4.79 Å². The van der Waals surface area contributed by atoms with E-state index >= 15 is 0 Å². The number of aromatic nitrogens is 2. The summed E-state index contributed by atoms with van der Waals surface area (Å²) in [6.07, 6.45) is 5.91. The molecular weight excluding hydrogens is 192 g/mol. The number of carbonyl (C=O) groups is 1. The van der Waals surface area contributed by atoms with Gasteiger partial charge in [-0.3, -0.25) is 4.79 Å². The fraction of sp³-hybridized carbons (Fsp3) is 0.500. The molecule has 1 aromatic rings. The van der Waals surface area contributed by atoms with Gasteiger partial charge in [0.25, 0.3) is 0 Å². The van der Waals surface area contributed by atoms with Crippen molar-refractivity contribution in [3.8, 4) is 0 Å². The Hall–Kier alpha value is -1.49. The molecule has 0 saturated carbocycles. The van der Waals surface area contributed by atoms with Gasteiger partial charge in [-0.15, -0.1) is 0 Å². The third kappa shape index (κ3) is 4.03. The zero-order valence-corrected chi connectivity index (χ0v) is 8.81. The first-order valence-corrected chi connectivity index (χ1v) is 5.01. The summed E-state index contributed by atoms with van der Waals surface area (Å²) in [5.74, 6) is 0.205. The van der Waals surface area contributed by atoms with Gasteiger partial charge in [0.05, 0.1) is 18.1 Å². The van der Waals surface area contributed by atoms with Gasteiger partial charge in [0.1, 0.15) is 6.33 Å². The van der Waals surface area contributed by atoms with E-state index in [-0.39, 0.29) is 11.8 Å². The molecule has 0 aromatic carbocycles. The third-order valence-electron chi connectivity index (χ3n) is 2.23. The summed E-state index contributed by atoms with van der Waals surface area (Å²) >= 11 is 0. The zero-order valence-electron chi connectivity index (χ0n) is 8.81. The molecule has 3 N–H and O–H groups in total. The number of nitrogens with two attached hydrogens (primary N) is 1. The summed E-state index contributed by atoms with van der Waals surface area (Å²) < 4.78 is 0. The van der Waals surface area contributed by atoms with Crippen LogP contribution in [0.1, 0.15) is 19.8 Å². The van der Waals surface area contributed by atoms with E-state index in [0.29, 0.717) is 18.7 Å². The molecule has 1 amide bonds. The standard InChI is InChI=1S/C10H16N4O/c1-2-8(4-11)3-10(15)14-9-5-12-7-13-6-9/h5-8H,2-4,11H2,1H3,(H,14,15). The highest BCUT2D eigenvalue weighted by atomic mass is 16.1. The second-order valence-electron chi connectivity index (χ2n) is 3.39. The molecule has 0 aliphatic carbocycles. The van der Waals surface area contributed by atoms with E-state index in [4.69, 9.17) is 5.73 Å². The van der Waals surface area contributed by atoms with E-state index in [1.807, 2.05) is 6.92 Å². The molecule has 5 heteroatoms. The molecule has 5 nitrogen and oxygen atoms in total. The maximum Gasteiger partial charge on any atom is 0.224 e. The highest BCUT2D eigenvalue weighted by Gasteiger charge is 2.10. The van der Waals surface area contributed by atoms with Crippen molar-refractivity contribution in [1.29, 1.82) is 0 Å². The molecule has 0 saturated heterocycles. The largest absolute Gasteiger partial charge is 0.330 e.